The number of ether oxygens (including phenoxy) is 2. The van der Waals surface area contributed by atoms with Gasteiger partial charge in [0.1, 0.15) is 0 Å². The Morgan fingerprint density at radius 1 is 1.10 bits per heavy atom. The molecule has 0 amide bonds. The highest BCUT2D eigenvalue weighted by atomic mass is 127. The molecule has 0 unspecified atom stereocenters. The molecule has 1 aliphatic heterocycles. The average Bonchev–Trinajstić information content (AvgIpc) is 3.30. The molecule has 0 saturated heterocycles. The summed E-state index contributed by atoms with van der Waals surface area (Å²) in [6.07, 6.45) is 4.41. The minimum Gasteiger partial charge on any atom is -0.493 e. The summed E-state index contributed by atoms with van der Waals surface area (Å²) in [4.78, 5) is 8.93. The highest BCUT2D eigenvalue weighted by Gasteiger charge is 2.13. The third kappa shape index (κ3) is 6.29. The second-order valence-electron chi connectivity index (χ2n) is 7.44. The predicted octanol–water partition coefficient (Wildman–Crippen LogP) is 4.21. The number of anilines is 1. The largest absolute Gasteiger partial charge is 0.493 e. The van der Waals surface area contributed by atoms with Crippen molar-refractivity contribution in [2.45, 2.75) is 20.0 Å². The monoisotopic (exact) mass is 536 g/mol. The molecule has 0 fully saturated rings. The van der Waals surface area contributed by atoms with Crippen LogP contribution in [0.5, 0.6) is 11.5 Å². The molecule has 168 valence electrons. The zero-order valence-electron chi connectivity index (χ0n) is 19.0. The zero-order valence-corrected chi connectivity index (χ0v) is 21.3. The second kappa shape index (κ2) is 11.8. The van der Waals surface area contributed by atoms with E-state index >= 15 is 0 Å². The highest BCUT2D eigenvalue weighted by Crippen LogP contribution is 2.30. The smallest absolute Gasteiger partial charge is 0.193 e. The third-order valence-corrected chi connectivity index (χ3v) is 5.37. The standard InChI is InChI=1S/C24H32N4O2.HI/c1-18-13-22(29-4)23(30-5)15-20(18)17-27(3)24(25-2)26-16-19-9-8-10-21(14-19)28-11-6-7-12-28;/h6-10,13-15H,11-12,16-17H2,1-5H3,(H,25,26);1H. The summed E-state index contributed by atoms with van der Waals surface area (Å²) in [5.74, 6) is 2.33. The number of hydrogen-bond donors (Lipinski definition) is 1. The first-order valence-electron chi connectivity index (χ1n) is 10.2. The van der Waals surface area contributed by atoms with Crippen LogP contribution < -0.4 is 19.7 Å². The molecule has 2 aromatic carbocycles. The van der Waals surface area contributed by atoms with E-state index in [1.807, 2.05) is 26.2 Å². The Morgan fingerprint density at radius 3 is 2.42 bits per heavy atom. The molecular formula is C24H33IN4O2. The molecule has 2 aromatic rings. The number of hydrogen-bond acceptors (Lipinski definition) is 4. The molecule has 6 nitrogen and oxygen atoms in total. The van der Waals surface area contributed by atoms with Crippen molar-refractivity contribution >= 4 is 35.6 Å². The predicted molar refractivity (Wildman–Crippen MR) is 139 cm³/mol. The van der Waals surface area contributed by atoms with Crippen LogP contribution in [0.4, 0.5) is 5.69 Å². The lowest BCUT2D eigenvalue weighted by molar-refractivity contribution is 0.353. The lowest BCUT2D eigenvalue weighted by Gasteiger charge is -2.24. The Balaban J connectivity index is 0.00000341. The number of guanidine groups is 1. The van der Waals surface area contributed by atoms with Gasteiger partial charge in [-0.2, -0.15) is 0 Å². The van der Waals surface area contributed by atoms with Gasteiger partial charge in [0.15, 0.2) is 17.5 Å². The van der Waals surface area contributed by atoms with Gasteiger partial charge in [-0.25, -0.2) is 0 Å². The van der Waals surface area contributed by atoms with Crippen LogP contribution in [0.3, 0.4) is 0 Å². The first-order valence-corrected chi connectivity index (χ1v) is 10.2. The lowest BCUT2D eigenvalue weighted by Crippen LogP contribution is -2.38. The highest BCUT2D eigenvalue weighted by molar-refractivity contribution is 14.0. The van der Waals surface area contributed by atoms with Gasteiger partial charge in [-0.15, -0.1) is 24.0 Å². The van der Waals surface area contributed by atoms with Gasteiger partial charge >= 0.3 is 0 Å². The molecule has 0 saturated carbocycles. The van der Waals surface area contributed by atoms with Gasteiger partial charge in [-0.05, 0) is 47.9 Å². The van der Waals surface area contributed by atoms with Crippen molar-refractivity contribution in [2.75, 3.05) is 46.3 Å². The Kier molecular flexibility index (Phi) is 9.48. The SMILES string of the molecule is CN=C(NCc1cccc(N2CC=CC2)c1)N(C)Cc1cc(OC)c(OC)cc1C.I. The van der Waals surface area contributed by atoms with Crippen molar-refractivity contribution in [2.24, 2.45) is 4.99 Å². The van der Waals surface area contributed by atoms with Crippen LogP contribution in [0.2, 0.25) is 0 Å². The van der Waals surface area contributed by atoms with Crippen LogP contribution in [-0.4, -0.2) is 52.3 Å². The number of nitrogens with one attached hydrogen (secondary N) is 1. The van der Waals surface area contributed by atoms with Gasteiger partial charge in [-0.1, -0.05) is 24.3 Å². The van der Waals surface area contributed by atoms with Crippen molar-refractivity contribution < 1.29 is 9.47 Å². The van der Waals surface area contributed by atoms with Crippen molar-refractivity contribution in [3.8, 4) is 11.5 Å². The van der Waals surface area contributed by atoms with Gasteiger partial charge < -0.3 is 24.6 Å². The molecule has 31 heavy (non-hydrogen) atoms. The van der Waals surface area contributed by atoms with Crippen LogP contribution >= 0.6 is 24.0 Å². The van der Waals surface area contributed by atoms with E-state index in [0.717, 1.165) is 42.7 Å². The number of halogens is 1. The summed E-state index contributed by atoms with van der Waals surface area (Å²) in [7, 11) is 7.17. The molecule has 0 spiro atoms. The topological polar surface area (TPSA) is 49.3 Å². The molecule has 3 rings (SSSR count). The zero-order chi connectivity index (χ0) is 21.5. The third-order valence-electron chi connectivity index (χ3n) is 5.37. The van der Waals surface area contributed by atoms with E-state index in [0.29, 0.717) is 6.54 Å². The number of benzene rings is 2. The van der Waals surface area contributed by atoms with Crippen LogP contribution in [0, 0.1) is 6.92 Å². The lowest BCUT2D eigenvalue weighted by atomic mass is 10.1. The van der Waals surface area contributed by atoms with Gasteiger partial charge in [0.05, 0.1) is 14.2 Å². The summed E-state index contributed by atoms with van der Waals surface area (Å²) >= 11 is 0. The summed E-state index contributed by atoms with van der Waals surface area (Å²) in [5.41, 5.74) is 4.81. The number of aliphatic imine (C=N–C) groups is 1. The van der Waals surface area contributed by atoms with E-state index in [9.17, 15) is 0 Å². The minimum absolute atomic E-state index is 0. The summed E-state index contributed by atoms with van der Waals surface area (Å²) in [6, 6.07) is 12.7. The minimum atomic E-state index is 0. The van der Waals surface area contributed by atoms with Crippen LogP contribution in [-0.2, 0) is 13.1 Å². The maximum Gasteiger partial charge on any atom is 0.193 e. The molecule has 0 aromatic heterocycles. The van der Waals surface area contributed by atoms with Crippen LogP contribution in [0.15, 0.2) is 53.5 Å². The summed E-state index contributed by atoms with van der Waals surface area (Å²) in [6.45, 7) is 5.47. The molecule has 1 N–H and O–H groups in total. The van der Waals surface area contributed by atoms with Gasteiger partial charge in [0.2, 0.25) is 0 Å². The molecule has 0 aliphatic carbocycles. The molecule has 1 heterocycles. The number of aryl methyl sites for hydroxylation is 1. The van der Waals surface area contributed by atoms with Crippen LogP contribution in [0.25, 0.3) is 0 Å². The first kappa shape index (κ1) is 24.8. The average molecular weight is 536 g/mol. The van der Waals surface area contributed by atoms with Crippen molar-refractivity contribution in [3.05, 3.63) is 65.2 Å². The van der Waals surface area contributed by atoms with Gasteiger partial charge in [0.25, 0.3) is 0 Å². The fourth-order valence-electron chi connectivity index (χ4n) is 3.64. The van der Waals surface area contributed by atoms with E-state index in [4.69, 9.17) is 9.47 Å². The first-order chi connectivity index (χ1) is 14.5. The van der Waals surface area contributed by atoms with E-state index in [1.165, 1.54) is 16.8 Å². The van der Waals surface area contributed by atoms with E-state index < -0.39 is 0 Å². The Labute approximate surface area is 203 Å². The molecular weight excluding hydrogens is 503 g/mol. The number of methoxy groups -OCH3 is 2. The van der Waals surface area contributed by atoms with Crippen molar-refractivity contribution in [1.29, 1.82) is 0 Å². The maximum absolute atomic E-state index is 5.46. The van der Waals surface area contributed by atoms with Crippen molar-refractivity contribution in [1.82, 2.24) is 10.2 Å². The fourth-order valence-corrected chi connectivity index (χ4v) is 3.64. The number of nitrogens with zero attached hydrogens (tertiary/aromatic N) is 3. The van der Waals surface area contributed by atoms with E-state index in [1.54, 1.807) is 14.2 Å². The molecule has 0 atom stereocenters. The molecule has 0 bridgehead atoms. The quantitative estimate of drug-likeness (QED) is 0.249. The molecule has 7 heteroatoms. The summed E-state index contributed by atoms with van der Waals surface area (Å²) < 4.78 is 10.9. The second-order valence-corrected chi connectivity index (χ2v) is 7.44. The van der Waals surface area contributed by atoms with Gasteiger partial charge in [0, 0.05) is 46.0 Å². The van der Waals surface area contributed by atoms with Crippen molar-refractivity contribution in [3.63, 3.8) is 0 Å². The van der Waals surface area contributed by atoms with Gasteiger partial charge in [-0.3, -0.25) is 4.99 Å². The maximum atomic E-state index is 5.46. The van der Waals surface area contributed by atoms with Crippen LogP contribution in [0.1, 0.15) is 16.7 Å². The normalized spacial score (nSPS) is 13.1. The molecule has 1 aliphatic rings. The van der Waals surface area contributed by atoms with E-state index in [-0.39, 0.29) is 24.0 Å². The van der Waals surface area contributed by atoms with E-state index in [2.05, 4.69) is 63.5 Å². The molecule has 0 radical (unpaired) electrons. The Hall–Kier alpha value is -2.42. The Morgan fingerprint density at radius 2 is 1.77 bits per heavy atom. The summed E-state index contributed by atoms with van der Waals surface area (Å²) in [5, 5.41) is 3.48. The number of rotatable bonds is 7. The fraction of sp³-hybridized carbons (Fsp3) is 0.375. The Bertz CT molecular complexity index is 922.